The third kappa shape index (κ3) is 1.76. The maximum absolute atomic E-state index is 5.50. The van der Waals surface area contributed by atoms with Gasteiger partial charge < -0.3 is 19.5 Å². The summed E-state index contributed by atoms with van der Waals surface area (Å²) in [6, 6.07) is 12.3. The van der Waals surface area contributed by atoms with Gasteiger partial charge in [-0.25, -0.2) is 0 Å². The first-order valence-electron chi connectivity index (χ1n) is 6.82. The van der Waals surface area contributed by atoms with Crippen molar-refractivity contribution in [3.63, 3.8) is 0 Å². The predicted octanol–water partition coefficient (Wildman–Crippen LogP) is 3.77. The molecule has 0 atom stereocenters. The van der Waals surface area contributed by atoms with Crippen molar-refractivity contribution >= 4 is 27.2 Å². The normalized spacial score (nSPS) is 12.9. The van der Waals surface area contributed by atoms with Crippen LogP contribution >= 0.6 is 0 Å². The third-order valence-electron chi connectivity index (χ3n) is 3.92. The Hall–Kier alpha value is -2.62. The second-order valence-corrected chi connectivity index (χ2v) is 5.01. The van der Waals surface area contributed by atoms with E-state index < -0.39 is 0 Å². The predicted molar refractivity (Wildman–Crippen MR) is 83.7 cm³/mol. The number of fused-ring (bicyclic) bond motifs is 4. The van der Waals surface area contributed by atoms with E-state index in [1.807, 2.05) is 25.2 Å². The molecule has 3 aromatic rings. The van der Waals surface area contributed by atoms with E-state index in [0.717, 1.165) is 44.5 Å². The van der Waals surface area contributed by atoms with Crippen molar-refractivity contribution in [2.45, 2.75) is 0 Å². The third-order valence-corrected chi connectivity index (χ3v) is 3.92. The molecule has 4 rings (SSSR count). The van der Waals surface area contributed by atoms with Crippen LogP contribution in [0.3, 0.4) is 0 Å². The smallest absolute Gasteiger partial charge is 0.231 e. The van der Waals surface area contributed by atoms with Crippen molar-refractivity contribution in [3.05, 3.63) is 36.4 Å². The van der Waals surface area contributed by atoms with Crippen molar-refractivity contribution in [1.82, 2.24) is 0 Å². The van der Waals surface area contributed by atoms with E-state index in [9.17, 15) is 0 Å². The molecule has 0 aliphatic carbocycles. The summed E-state index contributed by atoms with van der Waals surface area (Å²) >= 11 is 0. The molecule has 1 N–H and O–H groups in total. The van der Waals surface area contributed by atoms with Gasteiger partial charge in [-0.15, -0.1) is 0 Å². The minimum atomic E-state index is 0.284. The van der Waals surface area contributed by atoms with E-state index in [2.05, 4.69) is 23.5 Å². The molecule has 0 aromatic heterocycles. The van der Waals surface area contributed by atoms with Gasteiger partial charge in [0.1, 0.15) is 5.75 Å². The Kier molecular flexibility index (Phi) is 2.57. The second kappa shape index (κ2) is 4.45. The number of nitrogens with one attached hydrogen (secondary N) is 1. The van der Waals surface area contributed by atoms with Crippen LogP contribution in [0.2, 0.25) is 0 Å². The highest BCUT2D eigenvalue weighted by Crippen LogP contribution is 2.41. The van der Waals surface area contributed by atoms with Crippen LogP contribution in [0.25, 0.3) is 21.5 Å². The van der Waals surface area contributed by atoms with Gasteiger partial charge in [0.15, 0.2) is 11.5 Å². The van der Waals surface area contributed by atoms with E-state index >= 15 is 0 Å². The number of benzene rings is 3. The molecule has 0 spiro atoms. The Bertz CT molecular complexity index is 858. The molecule has 1 aliphatic rings. The van der Waals surface area contributed by atoms with Crippen LogP contribution < -0.4 is 19.5 Å². The van der Waals surface area contributed by atoms with E-state index in [1.54, 1.807) is 7.11 Å². The Labute approximate surface area is 122 Å². The first-order chi connectivity index (χ1) is 10.3. The molecule has 1 heterocycles. The maximum Gasteiger partial charge on any atom is 0.231 e. The van der Waals surface area contributed by atoms with Crippen molar-refractivity contribution in [2.75, 3.05) is 26.3 Å². The number of hydrogen-bond acceptors (Lipinski definition) is 4. The van der Waals surface area contributed by atoms with Crippen LogP contribution in [0.1, 0.15) is 0 Å². The van der Waals surface area contributed by atoms with Gasteiger partial charge in [-0.2, -0.15) is 0 Å². The number of rotatable bonds is 2. The van der Waals surface area contributed by atoms with Gasteiger partial charge in [0.2, 0.25) is 6.79 Å². The Morgan fingerprint density at radius 2 is 1.76 bits per heavy atom. The molecule has 21 heavy (non-hydrogen) atoms. The summed E-state index contributed by atoms with van der Waals surface area (Å²) in [4.78, 5) is 0. The molecule has 106 valence electrons. The summed E-state index contributed by atoms with van der Waals surface area (Å²) in [5, 5.41) is 7.79. The fourth-order valence-corrected chi connectivity index (χ4v) is 2.86. The Morgan fingerprint density at radius 1 is 0.952 bits per heavy atom. The van der Waals surface area contributed by atoms with Crippen LogP contribution in [-0.4, -0.2) is 21.0 Å². The lowest BCUT2D eigenvalue weighted by Gasteiger charge is -2.12. The highest BCUT2D eigenvalue weighted by atomic mass is 16.7. The van der Waals surface area contributed by atoms with E-state index in [0.29, 0.717) is 0 Å². The quantitative estimate of drug-likeness (QED) is 0.726. The average Bonchev–Trinajstić information content (AvgIpc) is 2.98. The van der Waals surface area contributed by atoms with Gasteiger partial charge in [-0.1, -0.05) is 0 Å². The molecule has 0 saturated carbocycles. The summed E-state index contributed by atoms with van der Waals surface area (Å²) in [6.07, 6.45) is 0. The number of ether oxygens (including phenoxy) is 3. The molecule has 4 nitrogen and oxygen atoms in total. The summed E-state index contributed by atoms with van der Waals surface area (Å²) in [7, 11) is 3.61. The molecule has 3 aromatic carbocycles. The second-order valence-electron chi connectivity index (χ2n) is 5.01. The minimum absolute atomic E-state index is 0.284. The van der Waals surface area contributed by atoms with Crippen molar-refractivity contribution < 1.29 is 14.2 Å². The molecule has 1 aliphatic heterocycles. The highest BCUT2D eigenvalue weighted by Gasteiger charge is 2.16. The van der Waals surface area contributed by atoms with Gasteiger partial charge >= 0.3 is 0 Å². The molecule has 0 saturated heterocycles. The Balaban J connectivity index is 2.14. The maximum atomic E-state index is 5.50. The zero-order valence-corrected chi connectivity index (χ0v) is 11.9. The molecule has 0 unspecified atom stereocenters. The zero-order chi connectivity index (χ0) is 14.4. The molecular formula is C17H15NO3. The van der Waals surface area contributed by atoms with Crippen LogP contribution in [-0.2, 0) is 0 Å². The summed E-state index contributed by atoms with van der Waals surface area (Å²) in [5.41, 5.74) is 1.08. The van der Waals surface area contributed by atoms with Gasteiger partial charge in [0.05, 0.1) is 7.11 Å². The van der Waals surface area contributed by atoms with E-state index in [-0.39, 0.29) is 6.79 Å². The topological polar surface area (TPSA) is 39.7 Å². The highest BCUT2D eigenvalue weighted by molar-refractivity contribution is 6.14. The van der Waals surface area contributed by atoms with E-state index in [4.69, 9.17) is 14.2 Å². The van der Waals surface area contributed by atoms with Crippen molar-refractivity contribution in [3.8, 4) is 17.2 Å². The Morgan fingerprint density at radius 3 is 2.52 bits per heavy atom. The van der Waals surface area contributed by atoms with Gasteiger partial charge in [-0.3, -0.25) is 0 Å². The van der Waals surface area contributed by atoms with Crippen LogP contribution in [0, 0.1) is 0 Å². The molecular weight excluding hydrogens is 266 g/mol. The molecule has 0 radical (unpaired) electrons. The fraction of sp³-hybridized carbons (Fsp3) is 0.176. The van der Waals surface area contributed by atoms with Crippen LogP contribution in [0.4, 0.5) is 5.69 Å². The molecule has 4 heteroatoms. The lowest BCUT2D eigenvalue weighted by molar-refractivity contribution is 0.174. The minimum Gasteiger partial charge on any atom is -0.497 e. The first kappa shape index (κ1) is 12.1. The van der Waals surface area contributed by atoms with Crippen LogP contribution in [0.15, 0.2) is 36.4 Å². The van der Waals surface area contributed by atoms with Gasteiger partial charge in [0, 0.05) is 18.1 Å². The molecule has 0 bridgehead atoms. The molecule has 0 amide bonds. The summed E-state index contributed by atoms with van der Waals surface area (Å²) in [6.45, 7) is 0.284. The largest absolute Gasteiger partial charge is 0.497 e. The number of methoxy groups -OCH3 is 1. The number of anilines is 1. The lowest BCUT2D eigenvalue weighted by atomic mass is 9.99. The van der Waals surface area contributed by atoms with Crippen LogP contribution in [0.5, 0.6) is 17.2 Å². The standard InChI is InChI=1S/C17H15NO3/c1-18-15-5-10-6-16-17(21-9-20-16)8-13(10)14-7-11(19-2)3-4-12(14)15/h3-8,18H,9H2,1-2H3. The van der Waals surface area contributed by atoms with Gasteiger partial charge in [-0.05, 0) is 52.6 Å². The van der Waals surface area contributed by atoms with E-state index in [1.165, 1.54) is 0 Å². The number of hydrogen-bond donors (Lipinski definition) is 1. The average molecular weight is 281 g/mol. The fourth-order valence-electron chi connectivity index (χ4n) is 2.86. The summed E-state index contributed by atoms with van der Waals surface area (Å²) < 4.78 is 16.3. The van der Waals surface area contributed by atoms with Crippen molar-refractivity contribution in [1.29, 1.82) is 0 Å². The molecule has 0 fully saturated rings. The SMILES string of the molecule is CNc1cc2cc3c(cc2c2cc(OC)ccc12)OCO3. The van der Waals surface area contributed by atoms with Crippen molar-refractivity contribution in [2.24, 2.45) is 0 Å². The first-order valence-corrected chi connectivity index (χ1v) is 6.82. The lowest BCUT2D eigenvalue weighted by Crippen LogP contribution is -1.92. The summed E-state index contributed by atoms with van der Waals surface area (Å²) in [5.74, 6) is 2.44. The zero-order valence-electron chi connectivity index (χ0n) is 11.9. The monoisotopic (exact) mass is 281 g/mol. The van der Waals surface area contributed by atoms with Gasteiger partial charge in [0.25, 0.3) is 0 Å².